The van der Waals surface area contributed by atoms with E-state index in [0.717, 1.165) is 10.9 Å². The van der Waals surface area contributed by atoms with Crippen LogP contribution in [0.2, 0.25) is 0 Å². The van der Waals surface area contributed by atoms with E-state index in [2.05, 4.69) is 5.32 Å². The molecular formula is C32H38N2O7. The maximum atomic E-state index is 13.4. The van der Waals surface area contributed by atoms with Crippen molar-refractivity contribution in [2.45, 2.75) is 71.1 Å². The number of esters is 1. The summed E-state index contributed by atoms with van der Waals surface area (Å²) in [6.07, 6.45) is 0.844. The minimum atomic E-state index is -1.07. The normalized spacial score (nSPS) is 19.4. The SMILES string of the molecule is CCC[C@H](NC(=O)[C@@H]1C[C@@H](Oc2cc(-c3ccccc3)nc3cc(OC)ccc23)C[C@H]1C(=O)O)C(=O)OC(C)(C)C. The lowest BCUT2D eigenvalue weighted by Gasteiger charge is -2.25. The number of aromatic nitrogens is 1. The molecule has 1 saturated carbocycles. The van der Waals surface area contributed by atoms with Crippen molar-refractivity contribution in [1.82, 2.24) is 10.3 Å². The first kappa shape index (κ1) is 29.8. The third-order valence-electron chi connectivity index (χ3n) is 7.10. The zero-order valence-electron chi connectivity index (χ0n) is 24.2. The largest absolute Gasteiger partial charge is 0.497 e. The Labute approximate surface area is 240 Å². The quantitative estimate of drug-likeness (QED) is 0.315. The first-order valence-electron chi connectivity index (χ1n) is 14.0. The Bertz CT molecular complexity index is 1400. The molecule has 1 heterocycles. The Hall–Kier alpha value is -4.14. The van der Waals surface area contributed by atoms with Gasteiger partial charge in [0.05, 0.1) is 30.2 Å². The average molecular weight is 563 g/mol. The smallest absolute Gasteiger partial charge is 0.329 e. The van der Waals surface area contributed by atoms with Crippen molar-refractivity contribution in [3.05, 3.63) is 54.6 Å². The molecule has 218 valence electrons. The van der Waals surface area contributed by atoms with E-state index >= 15 is 0 Å². The lowest BCUT2D eigenvalue weighted by Crippen LogP contribution is -2.47. The van der Waals surface area contributed by atoms with Gasteiger partial charge in [0, 0.05) is 23.1 Å². The average Bonchev–Trinajstić information content (AvgIpc) is 3.36. The highest BCUT2D eigenvalue weighted by Crippen LogP contribution is 2.38. The van der Waals surface area contributed by atoms with Gasteiger partial charge in [-0.1, -0.05) is 43.7 Å². The third kappa shape index (κ3) is 7.34. The number of rotatable bonds is 10. The van der Waals surface area contributed by atoms with E-state index in [9.17, 15) is 19.5 Å². The topological polar surface area (TPSA) is 124 Å². The van der Waals surface area contributed by atoms with E-state index < -0.39 is 47.4 Å². The summed E-state index contributed by atoms with van der Waals surface area (Å²) in [5.74, 6) is -2.71. The fourth-order valence-electron chi connectivity index (χ4n) is 5.18. The molecule has 1 fully saturated rings. The van der Waals surface area contributed by atoms with Gasteiger partial charge in [-0.15, -0.1) is 0 Å². The van der Waals surface area contributed by atoms with Crippen molar-refractivity contribution < 1.29 is 33.7 Å². The number of fused-ring (bicyclic) bond motifs is 1. The van der Waals surface area contributed by atoms with Crippen LogP contribution in [0, 0.1) is 11.8 Å². The highest BCUT2D eigenvalue weighted by atomic mass is 16.6. The highest BCUT2D eigenvalue weighted by Gasteiger charge is 2.45. The molecule has 0 saturated heterocycles. The van der Waals surface area contributed by atoms with Crippen LogP contribution in [0.15, 0.2) is 54.6 Å². The van der Waals surface area contributed by atoms with Crippen LogP contribution in [0.5, 0.6) is 11.5 Å². The summed E-state index contributed by atoms with van der Waals surface area (Å²) in [5, 5.41) is 13.5. The standard InChI is InChI=1S/C32H38N2O7/c1-6-10-25(31(38)41-32(2,3)4)34-29(35)23-15-21(16-24(23)30(36)37)40-28-18-26(19-11-8-7-9-12-19)33-27-17-20(39-5)13-14-22(27)28/h7-9,11-14,17-18,21,23-25H,6,10,15-16H2,1-5H3,(H,34,35)(H,36,37)/t21-,23-,24-,25+/m1/s1. The Morgan fingerprint density at radius 2 is 1.76 bits per heavy atom. The maximum absolute atomic E-state index is 13.4. The van der Waals surface area contributed by atoms with Crippen LogP contribution in [0.25, 0.3) is 22.2 Å². The number of nitrogens with zero attached hydrogens (tertiary/aromatic N) is 1. The van der Waals surface area contributed by atoms with Crippen molar-refractivity contribution in [3.8, 4) is 22.8 Å². The lowest BCUT2D eigenvalue weighted by atomic mass is 9.95. The molecular weight excluding hydrogens is 524 g/mol. The Balaban J connectivity index is 1.59. The molecule has 41 heavy (non-hydrogen) atoms. The number of carbonyl (C=O) groups excluding carboxylic acids is 2. The van der Waals surface area contributed by atoms with E-state index in [-0.39, 0.29) is 12.8 Å². The molecule has 1 aromatic heterocycles. The summed E-state index contributed by atoms with van der Waals surface area (Å²) in [5.41, 5.74) is 1.56. The second-order valence-electron chi connectivity index (χ2n) is 11.4. The molecule has 3 aromatic rings. The second-order valence-corrected chi connectivity index (χ2v) is 11.4. The number of aliphatic carboxylic acids is 1. The molecule has 0 aliphatic heterocycles. The van der Waals surface area contributed by atoms with E-state index in [1.54, 1.807) is 27.9 Å². The highest BCUT2D eigenvalue weighted by molar-refractivity contribution is 5.90. The molecule has 1 aliphatic carbocycles. The molecule has 9 nitrogen and oxygen atoms in total. The number of benzene rings is 2. The second kappa shape index (κ2) is 12.6. The molecule has 9 heteroatoms. The minimum Gasteiger partial charge on any atom is -0.497 e. The molecule has 4 atom stereocenters. The van der Waals surface area contributed by atoms with Crippen LogP contribution in [0.3, 0.4) is 0 Å². The summed E-state index contributed by atoms with van der Waals surface area (Å²) < 4.78 is 17.3. The number of pyridine rings is 1. The van der Waals surface area contributed by atoms with Crippen LogP contribution in [0.1, 0.15) is 53.4 Å². The fraction of sp³-hybridized carbons (Fsp3) is 0.438. The number of carbonyl (C=O) groups is 3. The lowest BCUT2D eigenvalue weighted by molar-refractivity contribution is -0.159. The van der Waals surface area contributed by atoms with Gasteiger partial charge in [-0.3, -0.25) is 9.59 Å². The van der Waals surface area contributed by atoms with Gasteiger partial charge in [0.15, 0.2) is 0 Å². The van der Waals surface area contributed by atoms with Gasteiger partial charge in [-0.05, 0) is 52.2 Å². The Morgan fingerprint density at radius 3 is 2.39 bits per heavy atom. The monoisotopic (exact) mass is 562 g/mol. The number of carboxylic acid groups (broad SMARTS) is 1. The van der Waals surface area contributed by atoms with Crippen LogP contribution >= 0.6 is 0 Å². The number of ether oxygens (including phenoxy) is 3. The summed E-state index contributed by atoms with van der Waals surface area (Å²) in [6.45, 7) is 7.19. The summed E-state index contributed by atoms with van der Waals surface area (Å²) in [4.78, 5) is 43.1. The first-order valence-corrected chi connectivity index (χ1v) is 14.0. The zero-order valence-corrected chi connectivity index (χ0v) is 24.2. The maximum Gasteiger partial charge on any atom is 0.329 e. The predicted molar refractivity (Wildman–Crippen MR) is 155 cm³/mol. The van der Waals surface area contributed by atoms with Crippen LogP contribution in [-0.4, -0.2) is 52.8 Å². The molecule has 0 spiro atoms. The van der Waals surface area contributed by atoms with Gasteiger partial charge in [0.25, 0.3) is 0 Å². The Kier molecular flexibility index (Phi) is 9.15. The number of nitrogens with one attached hydrogen (secondary N) is 1. The van der Waals surface area contributed by atoms with E-state index in [4.69, 9.17) is 19.2 Å². The molecule has 0 unspecified atom stereocenters. The third-order valence-corrected chi connectivity index (χ3v) is 7.10. The number of hydrogen-bond donors (Lipinski definition) is 2. The minimum absolute atomic E-state index is 0.152. The van der Waals surface area contributed by atoms with Crippen molar-refractivity contribution >= 4 is 28.7 Å². The number of hydrogen-bond acceptors (Lipinski definition) is 7. The first-order chi connectivity index (χ1) is 19.5. The number of methoxy groups -OCH3 is 1. The molecule has 2 aromatic carbocycles. The van der Waals surface area contributed by atoms with Crippen molar-refractivity contribution in [3.63, 3.8) is 0 Å². The summed E-state index contributed by atoms with van der Waals surface area (Å²) in [6, 6.07) is 16.2. The molecule has 0 radical (unpaired) electrons. The Morgan fingerprint density at radius 1 is 1.05 bits per heavy atom. The molecule has 4 rings (SSSR count). The van der Waals surface area contributed by atoms with Crippen molar-refractivity contribution in [2.24, 2.45) is 11.8 Å². The van der Waals surface area contributed by atoms with Gasteiger partial charge in [-0.2, -0.15) is 0 Å². The van der Waals surface area contributed by atoms with Crippen molar-refractivity contribution in [1.29, 1.82) is 0 Å². The fourth-order valence-corrected chi connectivity index (χ4v) is 5.18. The number of carboxylic acids is 1. The van der Waals surface area contributed by atoms with Crippen LogP contribution in [-0.2, 0) is 19.1 Å². The van der Waals surface area contributed by atoms with Crippen LogP contribution < -0.4 is 14.8 Å². The zero-order chi connectivity index (χ0) is 29.7. The predicted octanol–water partition coefficient (Wildman–Crippen LogP) is 5.40. The van der Waals surface area contributed by atoms with E-state index in [1.807, 2.05) is 61.5 Å². The van der Waals surface area contributed by atoms with Crippen molar-refractivity contribution in [2.75, 3.05) is 7.11 Å². The van der Waals surface area contributed by atoms with E-state index in [1.165, 1.54) is 0 Å². The summed E-state index contributed by atoms with van der Waals surface area (Å²) >= 11 is 0. The molecule has 0 bridgehead atoms. The van der Waals surface area contributed by atoms with Gasteiger partial charge in [0.1, 0.15) is 29.2 Å². The summed E-state index contributed by atoms with van der Waals surface area (Å²) in [7, 11) is 1.59. The molecule has 2 N–H and O–H groups in total. The molecule has 1 amide bonds. The number of amides is 1. The molecule has 1 aliphatic rings. The van der Waals surface area contributed by atoms with Gasteiger partial charge in [0.2, 0.25) is 5.91 Å². The van der Waals surface area contributed by atoms with Gasteiger partial charge < -0.3 is 24.6 Å². The van der Waals surface area contributed by atoms with Gasteiger partial charge >= 0.3 is 11.9 Å². The van der Waals surface area contributed by atoms with Crippen LogP contribution in [0.4, 0.5) is 0 Å². The van der Waals surface area contributed by atoms with Gasteiger partial charge in [-0.25, -0.2) is 9.78 Å². The van der Waals surface area contributed by atoms with E-state index in [0.29, 0.717) is 35.6 Å².